The lowest BCUT2D eigenvalue weighted by Crippen LogP contribution is -2.55. The summed E-state index contributed by atoms with van der Waals surface area (Å²) in [6, 6.07) is 2.48. The molecule has 1 aromatic heterocycles. The van der Waals surface area contributed by atoms with Crippen LogP contribution in [0.3, 0.4) is 0 Å². The molecule has 2 atom stereocenters. The van der Waals surface area contributed by atoms with Crippen LogP contribution in [0.2, 0.25) is 0 Å². The van der Waals surface area contributed by atoms with E-state index in [0.717, 1.165) is 19.1 Å². The topological polar surface area (TPSA) is 82.8 Å². The average Bonchev–Trinajstić information content (AvgIpc) is 2.90. The number of nitrogens with one attached hydrogen (secondary N) is 1. The highest BCUT2D eigenvalue weighted by Gasteiger charge is 2.36. The first-order valence-corrected chi connectivity index (χ1v) is 7.39. The van der Waals surface area contributed by atoms with Crippen molar-refractivity contribution in [3.63, 3.8) is 0 Å². The quantitative estimate of drug-likeness (QED) is 0.886. The Morgan fingerprint density at radius 2 is 2.00 bits per heavy atom. The molecule has 2 aliphatic rings. The molecule has 2 unspecified atom stereocenters. The summed E-state index contributed by atoms with van der Waals surface area (Å²) in [7, 11) is 2.16. The van der Waals surface area contributed by atoms with Crippen molar-refractivity contribution in [3.8, 4) is 0 Å². The molecule has 2 aliphatic heterocycles. The molecule has 0 saturated carbocycles. The van der Waals surface area contributed by atoms with Gasteiger partial charge in [-0.25, -0.2) is 4.79 Å². The number of carboxylic acids is 1. The number of piperidine rings is 2. The van der Waals surface area contributed by atoms with Crippen LogP contribution in [0.1, 0.15) is 53.0 Å². The van der Waals surface area contributed by atoms with Gasteiger partial charge in [-0.3, -0.25) is 4.79 Å². The Morgan fingerprint density at radius 1 is 1.33 bits per heavy atom. The van der Waals surface area contributed by atoms with E-state index < -0.39 is 5.97 Å². The number of rotatable bonds is 3. The van der Waals surface area contributed by atoms with Gasteiger partial charge < -0.3 is 19.7 Å². The van der Waals surface area contributed by atoms with Crippen LogP contribution in [0, 0.1) is 0 Å². The van der Waals surface area contributed by atoms with Gasteiger partial charge in [0.15, 0.2) is 5.76 Å². The number of carbonyl (C=O) groups is 2. The highest BCUT2D eigenvalue weighted by molar-refractivity contribution is 5.95. The second-order valence-electron chi connectivity index (χ2n) is 6.05. The van der Waals surface area contributed by atoms with Crippen molar-refractivity contribution in [2.75, 3.05) is 7.05 Å². The van der Waals surface area contributed by atoms with E-state index >= 15 is 0 Å². The Labute approximate surface area is 123 Å². The first kappa shape index (κ1) is 14.1. The molecule has 0 radical (unpaired) electrons. The minimum absolute atomic E-state index is 0.000368. The predicted molar refractivity (Wildman–Crippen MR) is 75.3 cm³/mol. The predicted octanol–water partition coefficient (Wildman–Crippen LogP) is 1.72. The van der Waals surface area contributed by atoms with Crippen molar-refractivity contribution in [1.29, 1.82) is 0 Å². The average molecular weight is 292 g/mol. The summed E-state index contributed by atoms with van der Waals surface area (Å²) in [6.45, 7) is 0. The first-order valence-electron chi connectivity index (χ1n) is 7.39. The van der Waals surface area contributed by atoms with Gasteiger partial charge in [-0.05, 0) is 32.7 Å². The van der Waals surface area contributed by atoms with Crippen LogP contribution in [0.15, 0.2) is 16.7 Å². The van der Waals surface area contributed by atoms with Gasteiger partial charge in [-0.2, -0.15) is 0 Å². The molecule has 2 N–H and O–H groups in total. The Balaban J connectivity index is 1.63. The molecule has 1 amide bonds. The van der Waals surface area contributed by atoms with Crippen LogP contribution in [-0.2, 0) is 0 Å². The van der Waals surface area contributed by atoms with E-state index in [-0.39, 0.29) is 23.3 Å². The minimum Gasteiger partial charge on any atom is -0.478 e. The molecule has 114 valence electrons. The van der Waals surface area contributed by atoms with Crippen LogP contribution < -0.4 is 5.32 Å². The van der Waals surface area contributed by atoms with E-state index in [9.17, 15) is 9.59 Å². The highest BCUT2D eigenvalue weighted by Crippen LogP contribution is 2.32. The summed E-state index contributed by atoms with van der Waals surface area (Å²) in [6.07, 6.45) is 6.63. The van der Waals surface area contributed by atoms with E-state index in [1.807, 2.05) is 0 Å². The summed E-state index contributed by atoms with van der Waals surface area (Å²) in [5, 5.41) is 11.8. The number of nitrogens with zero attached hydrogens (tertiary/aromatic N) is 1. The summed E-state index contributed by atoms with van der Waals surface area (Å²) in [4.78, 5) is 25.4. The first-order chi connectivity index (χ1) is 10.0. The summed E-state index contributed by atoms with van der Waals surface area (Å²) in [5.41, 5.74) is 0.000368. The number of hydrogen-bond acceptors (Lipinski definition) is 4. The molecule has 1 aromatic rings. The molecule has 6 nitrogen and oxygen atoms in total. The molecule has 3 heterocycles. The molecule has 3 rings (SSSR count). The molecular weight excluding hydrogens is 272 g/mol. The van der Waals surface area contributed by atoms with E-state index in [0.29, 0.717) is 12.1 Å². The monoisotopic (exact) mass is 292 g/mol. The van der Waals surface area contributed by atoms with Gasteiger partial charge in [-0.1, -0.05) is 6.42 Å². The number of furan rings is 1. The number of carbonyl (C=O) groups excluding carboxylic acids is 1. The van der Waals surface area contributed by atoms with Gasteiger partial charge in [-0.15, -0.1) is 0 Å². The molecular formula is C15H20N2O4. The molecule has 0 aromatic carbocycles. The van der Waals surface area contributed by atoms with Crippen molar-refractivity contribution >= 4 is 11.9 Å². The zero-order valence-corrected chi connectivity index (χ0v) is 12.0. The molecule has 0 aliphatic carbocycles. The standard InChI is InChI=1S/C15H20N2O4/c1-17-11-3-2-4-12(17)7-10(6-11)16-14(18)13-5-9(8-21-13)15(19)20/h5,8,10-12H,2-4,6-7H2,1H3,(H,16,18)(H,19,20). The fourth-order valence-corrected chi connectivity index (χ4v) is 3.56. The Hall–Kier alpha value is -1.82. The Kier molecular flexibility index (Phi) is 3.71. The van der Waals surface area contributed by atoms with Crippen molar-refractivity contribution in [2.45, 2.75) is 50.2 Å². The third kappa shape index (κ3) is 2.81. The number of aromatic carboxylic acids is 1. The van der Waals surface area contributed by atoms with E-state index in [1.165, 1.54) is 25.3 Å². The highest BCUT2D eigenvalue weighted by atomic mass is 16.4. The van der Waals surface area contributed by atoms with Crippen molar-refractivity contribution in [2.24, 2.45) is 0 Å². The van der Waals surface area contributed by atoms with Crippen LogP contribution in [0.25, 0.3) is 0 Å². The largest absolute Gasteiger partial charge is 0.478 e. The molecule has 2 bridgehead atoms. The van der Waals surface area contributed by atoms with Crippen molar-refractivity contribution in [1.82, 2.24) is 10.2 Å². The third-order valence-corrected chi connectivity index (χ3v) is 4.75. The third-order valence-electron chi connectivity index (χ3n) is 4.75. The molecule has 2 saturated heterocycles. The smallest absolute Gasteiger partial charge is 0.338 e. The summed E-state index contributed by atoms with van der Waals surface area (Å²) in [5.74, 6) is -1.35. The lowest BCUT2D eigenvalue weighted by Gasteiger charge is -2.47. The number of carboxylic acid groups (broad SMARTS) is 1. The molecule has 2 fully saturated rings. The maximum atomic E-state index is 12.1. The maximum absolute atomic E-state index is 12.1. The molecule has 0 spiro atoms. The van der Waals surface area contributed by atoms with Gasteiger partial charge >= 0.3 is 5.97 Å². The molecule has 6 heteroatoms. The summed E-state index contributed by atoms with van der Waals surface area (Å²) < 4.78 is 5.04. The van der Waals surface area contributed by atoms with E-state index in [1.54, 1.807) is 0 Å². The lowest BCUT2D eigenvalue weighted by atomic mass is 9.82. The second kappa shape index (κ2) is 5.52. The zero-order chi connectivity index (χ0) is 15.0. The fourth-order valence-electron chi connectivity index (χ4n) is 3.56. The second-order valence-corrected chi connectivity index (χ2v) is 6.05. The number of amides is 1. The Morgan fingerprint density at radius 3 is 2.57 bits per heavy atom. The minimum atomic E-state index is -1.09. The van der Waals surface area contributed by atoms with E-state index in [4.69, 9.17) is 9.52 Å². The SMILES string of the molecule is CN1C2CCCC1CC(NC(=O)c1cc(C(=O)O)co1)C2. The fraction of sp³-hybridized carbons (Fsp3) is 0.600. The van der Waals surface area contributed by atoms with E-state index in [2.05, 4.69) is 17.3 Å². The zero-order valence-electron chi connectivity index (χ0n) is 12.0. The Bertz CT molecular complexity index is 540. The van der Waals surface area contributed by atoms with Crippen molar-refractivity contribution < 1.29 is 19.1 Å². The van der Waals surface area contributed by atoms with Crippen LogP contribution in [0.5, 0.6) is 0 Å². The van der Waals surface area contributed by atoms with Crippen LogP contribution >= 0.6 is 0 Å². The maximum Gasteiger partial charge on any atom is 0.338 e. The van der Waals surface area contributed by atoms with Gasteiger partial charge in [0.1, 0.15) is 6.26 Å². The van der Waals surface area contributed by atoms with Gasteiger partial charge in [0.05, 0.1) is 5.56 Å². The van der Waals surface area contributed by atoms with Gasteiger partial charge in [0.25, 0.3) is 5.91 Å². The summed E-state index contributed by atoms with van der Waals surface area (Å²) >= 11 is 0. The number of fused-ring (bicyclic) bond motifs is 2. The lowest BCUT2D eigenvalue weighted by molar-refractivity contribution is 0.0457. The van der Waals surface area contributed by atoms with Crippen molar-refractivity contribution in [3.05, 3.63) is 23.7 Å². The van der Waals surface area contributed by atoms with Crippen LogP contribution in [-0.4, -0.2) is 47.1 Å². The van der Waals surface area contributed by atoms with Crippen LogP contribution in [0.4, 0.5) is 0 Å². The van der Waals surface area contributed by atoms with Gasteiger partial charge in [0, 0.05) is 24.2 Å². The normalized spacial score (nSPS) is 29.1. The molecule has 21 heavy (non-hydrogen) atoms. The van der Waals surface area contributed by atoms with Gasteiger partial charge in [0.2, 0.25) is 0 Å². The number of hydrogen-bond donors (Lipinski definition) is 2.